The highest BCUT2D eigenvalue weighted by Crippen LogP contribution is 2.58. The Balaban J connectivity index is 0.917. The summed E-state index contributed by atoms with van der Waals surface area (Å²) in [5.74, 6) is 1.58. The zero-order valence-corrected chi connectivity index (χ0v) is 40.0. The zero-order chi connectivity index (χ0) is 48.5. The molecule has 0 unspecified atom stereocenters. The van der Waals surface area contributed by atoms with E-state index in [9.17, 15) is 0 Å². The summed E-state index contributed by atoms with van der Waals surface area (Å²) >= 11 is 0. The van der Waals surface area contributed by atoms with Crippen molar-refractivity contribution in [2.45, 2.75) is 10.8 Å². The molecule has 2 aliphatic carbocycles. The molecule has 0 saturated heterocycles. The van der Waals surface area contributed by atoms with E-state index in [2.05, 4.69) is 206 Å². The maximum absolute atomic E-state index is 9.06. The first-order valence-corrected chi connectivity index (χ1v) is 24.9. The molecular weight excluding hydrogens is 889 g/mol. The first-order chi connectivity index (χ1) is 35.6. The molecule has 0 spiro atoms. The fraction of sp³-hybridized carbons (Fsp3) is 0.152. The molecule has 6 heteroatoms. The molecule has 0 aromatic heterocycles. The number of aliphatic hydroxyl groups is 2. The van der Waals surface area contributed by atoms with Crippen molar-refractivity contribution in [3.63, 3.8) is 0 Å². The van der Waals surface area contributed by atoms with Gasteiger partial charge in [0, 0.05) is 0 Å². The monoisotopic (exact) mass is 942 g/mol. The Morgan fingerprint density at radius 3 is 0.972 bits per heavy atom. The number of rotatable bonds is 17. The lowest BCUT2D eigenvalue weighted by Gasteiger charge is -2.34. The van der Waals surface area contributed by atoms with E-state index in [4.69, 9.17) is 29.2 Å². The van der Waals surface area contributed by atoms with Gasteiger partial charge in [0.15, 0.2) is 0 Å². The van der Waals surface area contributed by atoms with Gasteiger partial charge in [-0.15, -0.1) is 0 Å². The van der Waals surface area contributed by atoms with Gasteiger partial charge < -0.3 is 29.2 Å². The third-order valence-electron chi connectivity index (χ3n) is 14.8. The number of hydrogen-bond donors (Lipinski definition) is 2. The second kappa shape index (κ2) is 19.4. The average molecular weight is 943 g/mol. The normalized spacial score (nSPS) is 13.6. The van der Waals surface area contributed by atoms with Crippen molar-refractivity contribution in [2.75, 3.05) is 52.9 Å². The minimum Gasteiger partial charge on any atom is -0.491 e. The molecule has 0 heterocycles. The molecule has 2 N–H and O–H groups in total. The average Bonchev–Trinajstić information content (AvgIpc) is 3.91. The molecule has 2 aliphatic rings. The summed E-state index contributed by atoms with van der Waals surface area (Å²) in [6.07, 6.45) is 0. The molecule has 72 heavy (non-hydrogen) atoms. The minimum atomic E-state index is -0.553. The van der Waals surface area contributed by atoms with Crippen molar-refractivity contribution in [2.24, 2.45) is 0 Å². The van der Waals surface area contributed by atoms with Crippen LogP contribution in [0, 0.1) is 0 Å². The second-order valence-corrected chi connectivity index (χ2v) is 18.7. The van der Waals surface area contributed by atoms with Gasteiger partial charge in [-0.05, 0) is 136 Å². The predicted molar refractivity (Wildman–Crippen MR) is 288 cm³/mol. The first kappa shape index (κ1) is 45.3. The summed E-state index contributed by atoms with van der Waals surface area (Å²) in [6.45, 7) is 2.28. The maximum atomic E-state index is 9.06. The van der Waals surface area contributed by atoms with Crippen LogP contribution >= 0.6 is 0 Å². The Bertz CT molecular complexity index is 3250. The Morgan fingerprint density at radius 2 is 0.611 bits per heavy atom. The van der Waals surface area contributed by atoms with Crippen molar-refractivity contribution in [1.29, 1.82) is 0 Å². The van der Waals surface area contributed by atoms with Gasteiger partial charge in [-0.2, -0.15) is 0 Å². The van der Waals surface area contributed by atoms with Crippen LogP contribution in [0.1, 0.15) is 44.5 Å². The molecular formula is C66H54O6. The molecule has 10 aromatic carbocycles. The lowest BCUT2D eigenvalue weighted by molar-refractivity contribution is 0.0705. The van der Waals surface area contributed by atoms with Gasteiger partial charge in [0.25, 0.3) is 0 Å². The van der Waals surface area contributed by atoms with E-state index in [-0.39, 0.29) is 13.2 Å². The Hall–Kier alpha value is -7.84. The van der Waals surface area contributed by atoms with Gasteiger partial charge in [0.1, 0.15) is 24.7 Å². The number of fused-ring (bicyclic) bond motifs is 8. The fourth-order valence-electron chi connectivity index (χ4n) is 11.7. The van der Waals surface area contributed by atoms with Gasteiger partial charge in [0.05, 0.1) is 50.5 Å². The van der Waals surface area contributed by atoms with E-state index in [0.29, 0.717) is 39.6 Å². The van der Waals surface area contributed by atoms with Crippen LogP contribution in [-0.4, -0.2) is 63.1 Å². The van der Waals surface area contributed by atoms with E-state index in [1.807, 2.05) is 12.1 Å². The van der Waals surface area contributed by atoms with Crippen LogP contribution in [0.3, 0.4) is 0 Å². The molecule has 0 radical (unpaired) electrons. The van der Waals surface area contributed by atoms with Crippen molar-refractivity contribution < 1.29 is 29.2 Å². The van der Waals surface area contributed by atoms with Crippen LogP contribution in [-0.2, 0) is 20.3 Å². The first-order valence-electron chi connectivity index (χ1n) is 24.9. The van der Waals surface area contributed by atoms with Crippen molar-refractivity contribution in [3.8, 4) is 44.9 Å². The molecule has 10 aromatic rings. The van der Waals surface area contributed by atoms with E-state index >= 15 is 0 Å². The largest absolute Gasteiger partial charge is 0.491 e. The van der Waals surface area contributed by atoms with E-state index in [1.54, 1.807) is 0 Å². The Morgan fingerprint density at radius 1 is 0.292 bits per heavy atom. The summed E-state index contributed by atoms with van der Waals surface area (Å²) in [4.78, 5) is 0. The summed E-state index contributed by atoms with van der Waals surface area (Å²) in [6, 6.07) is 80.3. The standard InChI is InChI=1S/C66H54O6/c67-33-35-69-37-39-71-55-31-23-47-41-53(29-21-49(47)43-55)65(61-13-5-1-9-57(61)58-10-2-6-14-62(58)65)51-25-17-45(18-26-51)46-19-27-52(28-20-46)66(63-15-7-3-11-59(63)60-12-4-8-16-64(60)66)54-30-22-50-44-56(32-24-48(50)42-54)72-40-38-70-36-34-68/h1-32,41-44,67-68H,33-40H2. The number of hydrogen-bond acceptors (Lipinski definition) is 6. The van der Waals surface area contributed by atoms with Crippen LogP contribution in [0.4, 0.5) is 0 Å². The summed E-state index contributed by atoms with van der Waals surface area (Å²) in [7, 11) is 0. The molecule has 0 bridgehead atoms. The fourth-order valence-corrected chi connectivity index (χ4v) is 11.7. The molecule has 6 nitrogen and oxygen atoms in total. The van der Waals surface area contributed by atoms with Gasteiger partial charge in [-0.3, -0.25) is 0 Å². The van der Waals surface area contributed by atoms with Crippen LogP contribution in [0.5, 0.6) is 11.5 Å². The van der Waals surface area contributed by atoms with Crippen LogP contribution in [0.2, 0.25) is 0 Å². The maximum Gasteiger partial charge on any atom is 0.120 e. The van der Waals surface area contributed by atoms with Gasteiger partial charge in [-0.1, -0.05) is 182 Å². The lowest BCUT2D eigenvalue weighted by Crippen LogP contribution is -2.28. The molecule has 12 rings (SSSR count). The molecule has 0 atom stereocenters. The molecule has 0 fully saturated rings. The van der Waals surface area contributed by atoms with E-state index < -0.39 is 10.8 Å². The number of benzene rings is 10. The second-order valence-electron chi connectivity index (χ2n) is 18.7. The van der Waals surface area contributed by atoms with Crippen molar-refractivity contribution in [1.82, 2.24) is 0 Å². The van der Waals surface area contributed by atoms with Gasteiger partial charge in [0.2, 0.25) is 0 Å². The SMILES string of the molecule is OCCOCCOc1ccc2cc(C3(c4ccc(-c5ccc(C6(c7ccc8cc(OCCOCCO)ccc8c7)c7ccccc7-c7ccccc76)cc5)cc4)c4ccccc4-c4ccccc43)ccc2c1. The lowest BCUT2D eigenvalue weighted by atomic mass is 9.67. The van der Waals surface area contributed by atoms with Gasteiger partial charge >= 0.3 is 0 Å². The summed E-state index contributed by atoms with van der Waals surface area (Å²) < 4.78 is 22.9. The molecule has 0 aliphatic heterocycles. The number of ether oxygens (including phenoxy) is 4. The predicted octanol–water partition coefficient (Wildman–Crippen LogP) is 13.2. The third kappa shape index (κ3) is 7.67. The smallest absolute Gasteiger partial charge is 0.120 e. The highest BCUT2D eigenvalue weighted by Gasteiger charge is 2.47. The van der Waals surface area contributed by atoms with Gasteiger partial charge in [-0.25, -0.2) is 0 Å². The number of aliphatic hydroxyl groups excluding tert-OH is 2. The highest BCUT2D eigenvalue weighted by molar-refractivity contribution is 5.92. The quantitative estimate of drug-likeness (QED) is 0.0886. The van der Waals surface area contributed by atoms with Crippen molar-refractivity contribution >= 4 is 21.5 Å². The third-order valence-corrected chi connectivity index (χ3v) is 14.8. The minimum absolute atomic E-state index is 0.000284. The molecule has 354 valence electrons. The van der Waals surface area contributed by atoms with E-state index in [1.165, 1.54) is 66.8 Å². The van der Waals surface area contributed by atoms with E-state index in [0.717, 1.165) is 44.2 Å². The zero-order valence-electron chi connectivity index (χ0n) is 40.0. The van der Waals surface area contributed by atoms with Crippen molar-refractivity contribution in [3.05, 3.63) is 263 Å². The summed E-state index contributed by atoms with van der Waals surface area (Å²) in [5, 5.41) is 22.6. The van der Waals surface area contributed by atoms with Crippen LogP contribution in [0.25, 0.3) is 54.9 Å². The topological polar surface area (TPSA) is 77.4 Å². The summed E-state index contributed by atoms with van der Waals surface area (Å²) in [5.41, 5.74) is 16.2. The van der Waals surface area contributed by atoms with Crippen LogP contribution in [0.15, 0.2) is 218 Å². The van der Waals surface area contributed by atoms with Crippen LogP contribution < -0.4 is 9.47 Å². The molecule has 0 amide bonds. The Kier molecular flexibility index (Phi) is 12.2. The Labute approximate surface area is 420 Å². The highest BCUT2D eigenvalue weighted by atomic mass is 16.5. The molecule has 0 saturated carbocycles.